The maximum atomic E-state index is 12.8. The van der Waals surface area contributed by atoms with Gasteiger partial charge in [-0.2, -0.15) is 5.10 Å². The molecule has 6 nitrogen and oxygen atoms in total. The number of nitrogens with zero attached hydrogens (tertiary/aromatic N) is 2. The predicted molar refractivity (Wildman–Crippen MR) is 77.8 cm³/mol. The van der Waals surface area contributed by atoms with Crippen molar-refractivity contribution >= 4 is 34.5 Å². The number of carboxylic acids is 1. The third-order valence-electron chi connectivity index (χ3n) is 2.69. The predicted octanol–water partition coefficient (Wildman–Crippen LogP) is 1.61. The van der Waals surface area contributed by atoms with E-state index in [4.69, 9.17) is 5.11 Å². The summed E-state index contributed by atoms with van der Waals surface area (Å²) in [7, 11) is 0. The molecule has 1 amide bonds. The Hall–Kier alpha value is -2.22. The van der Waals surface area contributed by atoms with Crippen LogP contribution >= 0.6 is 11.8 Å². The zero-order chi connectivity index (χ0) is 15.4. The average molecular weight is 309 g/mol. The summed E-state index contributed by atoms with van der Waals surface area (Å²) in [4.78, 5) is 22.1. The Morgan fingerprint density at radius 1 is 1.43 bits per heavy atom. The molecule has 0 spiro atoms. The van der Waals surface area contributed by atoms with Crippen molar-refractivity contribution in [2.75, 3.05) is 0 Å². The number of carbonyl (C=O) groups excluding carboxylic acids is 1. The van der Waals surface area contributed by atoms with E-state index in [1.807, 2.05) is 0 Å². The quantitative estimate of drug-likeness (QED) is 0.653. The molecule has 2 N–H and O–H groups in total. The number of amides is 1. The second-order valence-corrected chi connectivity index (χ2v) is 5.48. The van der Waals surface area contributed by atoms with E-state index in [1.54, 1.807) is 19.1 Å². The number of nitrogens with one attached hydrogen (secondary N) is 1. The Bertz CT molecular complexity index is 628. The lowest BCUT2D eigenvalue weighted by atomic mass is 10.1. The lowest BCUT2D eigenvalue weighted by Crippen LogP contribution is -2.26. The Labute approximate surface area is 124 Å². The molecule has 1 aliphatic heterocycles. The number of halogens is 1. The maximum absolute atomic E-state index is 12.8. The van der Waals surface area contributed by atoms with Gasteiger partial charge in [-0.3, -0.25) is 9.59 Å². The van der Waals surface area contributed by atoms with E-state index in [1.165, 1.54) is 12.1 Å². The molecule has 1 atom stereocenters. The van der Waals surface area contributed by atoms with Crippen LogP contribution in [0.2, 0.25) is 0 Å². The summed E-state index contributed by atoms with van der Waals surface area (Å²) >= 11 is 1.03. The molecule has 1 aromatic carbocycles. The minimum absolute atomic E-state index is 0.257. The molecular formula is C13H12FN3O3S. The van der Waals surface area contributed by atoms with Gasteiger partial charge in [-0.05, 0) is 24.6 Å². The fourth-order valence-electron chi connectivity index (χ4n) is 1.61. The summed E-state index contributed by atoms with van der Waals surface area (Å²) in [5.74, 6) is -1.78. The molecule has 0 radical (unpaired) electrons. The number of carbonyl (C=O) groups is 2. The molecule has 8 heteroatoms. The Morgan fingerprint density at radius 2 is 2.10 bits per heavy atom. The zero-order valence-electron chi connectivity index (χ0n) is 11.0. The van der Waals surface area contributed by atoms with Crippen LogP contribution in [0, 0.1) is 5.82 Å². The standard InChI is InChI=1S/C13H12FN3O3S/c1-7(8-2-4-9(14)5-3-8)16-17-13-15-12(20)10(21-13)6-11(18)19/h2-5,10H,6H2,1H3,(H,18,19)(H,15,17,20)/t10-/m0/s1. The smallest absolute Gasteiger partial charge is 0.305 e. The van der Waals surface area contributed by atoms with Crippen molar-refractivity contribution in [3.63, 3.8) is 0 Å². The molecule has 1 heterocycles. The lowest BCUT2D eigenvalue weighted by Gasteiger charge is -1.99. The highest BCUT2D eigenvalue weighted by molar-refractivity contribution is 8.15. The third kappa shape index (κ3) is 4.12. The van der Waals surface area contributed by atoms with Crippen molar-refractivity contribution in [1.82, 2.24) is 5.32 Å². The van der Waals surface area contributed by atoms with Crippen molar-refractivity contribution < 1.29 is 19.1 Å². The fraction of sp³-hybridized carbons (Fsp3) is 0.231. The van der Waals surface area contributed by atoms with Gasteiger partial charge in [0.1, 0.15) is 11.1 Å². The van der Waals surface area contributed by atoms with Gasteiger partial charge in [0.15, 0.2) is 5.17 Å². The fourth-order valence-corrected chi connectivity index (χ4v) is 2.52. The van der Waals surface area contributed by atoms with Crippen molar-refractivity contribution in [3.8, 4) is 0 Å². The molecule has 21 heavy (non-hydrogen) atoms. The van der Waals surface area contributed by atoms with Gasteiger partial charge >= 0.3 is 5.97 Å². The largest absolute Gasteiger partial charge is 0.481 e. The first-order valence-corrected chi connectivity index (χ1v) is 6.91. The molecule has 110 valence electrons. The van der Waals surface area contributed by atoms with Crippen molar-refractivity contribution in [1.29, 1.82) is 0 Å². The van der Waals surface area contributed by atoms with Gasteiger partial charge in [0.05, 0.1) is 12.1 Å². The highest BCUT2D eigenvalue weighted by Gasteiger charge is 2.32. The van der Waals surface area contributed by atoms with Gasteiger partial charge in [0, 0.05) is 0 Å². The Kier molecular flexibility index (Phi) is 4.69. The molecule has 0 saturated carbocycles. The number of benzene rings is 1. The zero-order valence-corrected chi connectivity index (χ0v) is 11.9. The minimum Gasteiger partial charge on any atom is -0.481 e. The van der Waals surface area contributed by atoms with Crippen LogP contribution in [0.3, 0.4) is 0 Å². The van der Waals surface area contributed by atoms with Crippen molar-refractivity contribution in [2.24, 2.45) is 10.2 Å². The minimum atomic E-state index is -1.05. The number of aliphatic carboxylic acids is 1. The lowest BCUT2D eigenvalue weighted by molar-refractivity contribution is -0.138. The van der Waals surface area contributed by atoms with Crippen LogP contribution in [0.15, 0.2) is 34.5 Å². The number of carboxylic acid groups (broad SMARTS) is 1. The van der Waals surface area contributed by atoms with E-state index in [2.05, 4.69) is 15.5 Å². The number of thioether (sulfide) groups is 1. The monoisotopic (exact) mass is 309 g/mol. The van der Waals surface area contributed by atoms with Crippen LogP contribution in [0.25, 0.3) is 0 Å². The van der Waals surface area contributed by atoms with Crippen LogP contribution < -0.4 is 5.32 Å². The second kappa shape index (κ2) is 6.49. The summed E-state index contributed by atoms with van der Waals surface area (Å²) in [5.41, 5.74) is 1.26. The Morgan fingerprint density at radius 3 is 2.71 bits per heavy atom. The number of hydrogen-bond acceptors (Lipinski definition) is 5. The van der Waals surface area contributed by atoms with Gasteiger partial charge in [-0.1, -0.05) is 23.9 Å². The van der Waals surface area contributed by atoms with E-state index in [0.29, 0.717) is 11.3 Å². The molecule has 2 rings (SSSR count). The van der Waals surface area contributed by atoms with Crippen LogP contribution in [-0.4, -0.2) is 33.1 Å². The van der Waals surface area contributed by atoms with Crippen molar-refractivity contribution in [2.45, 2.75) is 18.6 Å². The topological polar surface area (TPSA) is 91.1 Å². The van der Waals surface area contributed by atoms with E-state index >= 15 is 0 Å². The Balaban J connectivity index is 2.07. The van der Waals surface area contributed by atoms with Gasteiger partial charge in [0.2, 0.25) is 5.91 Å². The van der Waals surface area contributed by atoms with Crippen LogP contribution in [-0.2, 0) is 9.59 Å². The number of hydrogen-bond donors (Lipinski definition) is 2. The molecule has 0 aromatic heterocycles. The van der Waals surface area contributed by atoms with E-state index in [9.17, 15) is 14.0 Å². The number of rotatable bonds is 4. The summed E-state index contributed by atoms with van der Waals surface area (Å²) in [5, 5.41) is 18.5. The van der Waals surface area contributed by atoms with Gasteiger partial charge in [-0.15, -0.1) is 5.10 Å². The molecule has 0 bridgehead atoms. The molecule has 1 aliphatic rings. The third-order valence-corrected chi connectivity index (χ3v) is 3.76. The molecule has 0 unspecified atom stereocenters. The normalized spacial score (nSPS) is 20.7. The first kappa shape index (κ1) is 15.2. The molecule has 0 aliphatic carbocycles. The van der Waals surface area contributed by atoms with E-state index in [0.717, 1.165) is 11.8 Å². The second-order valence-electron chi connectivity index (χ2n) is 4.29. The molecule has 1 aromatic rings. The summed E-state index contributed by atoms with van der Waals surface area (Å²) in [6.45, 7) is 1.70. The SMILES string of the molecule is CC(=N/N=C1/NC(=O)[C@H](CC(=O)O)S1)c1ccc(F)cc1. The molecular weight excluding hydrogens is 297 g/mol. The average Bonchev–Trinajstić information content (AvgIpc) is 2.77. The van der Waals surface area contributed by atoms with Gasteiger partial charge < -0.3 is 10.4 Å². The van der Waals surface area contributed by atoms with Crippen LogP contribution in [0.4, 0.5) is 4.39 Å². The van der Waals surface area contributed by atoms with E-state index < -0.39 is 17.1 Å². The van der Waals surface area contributed by atoms with Crippen LogP contribution in [0.1, 0.15) is 18.9 Å². The van der Waals surface area contributed by atoms with Crippen LogP contribution in [0.5, 0.6) is 0 Å². The molecule has 1 saturated heterocycles. The maximum Gasteiger partial charge on any atom is 0.305 e. The summed E-state index contributed by atoms with van der Waals surface area (Å²) < 4.78 is 12.8. The van der Waals surface area contributed by atoms with Gasteiger partial charge in [-0.25, -0.2) is 4.39 Å². The first-order chi connectivity index (χ1) is 9.95. The first-order valence-electron chi connectivity index (χ1n) is 6.03. The van der Waals surface area contributed by atoms with Gasteiger partial charge in [0.25, 0.3) is 0 Å². The van der Waals surface area contributed by atoms with E-state index in [-0.39, 0.29) is 17.4 Å². The molecule has 1 fully saturated rings. The highest BCUT2D eigenvalue weighted by atomic mass is 32.2. The summed E-state index contributed by atoms with van der Waals surface area (Å²) in [6, 6.07) is 5.77. The van der Waals surface area contributed by atoms with Crippen molar-refractivity contribution in [3.05, 3.63) is 35.6 Å². The highest BCUT2D eigenvalue weighted by Crippen LogP contribution is 2.22. The summed E-state index contributed by atoms with van der Waals surface area (Å²) in [6.07, 6.45) is -0.268. The number of amidine groups is 1.